The van der Waals surface area contributed by atoms with Crippen molar-refractivity contribution in [3.63, 3.8) is 0 Å². The number of nitrogens with zero attached hydrogens (tertiary/aromatic N) is 3. The Morgan fingerprint density at radius 2 is 1.94 bits per heavy atom. The SMILES string of the molecule is c1ccc(C2=NOC(c3ccncc3)C2)nc1. The fourth-order valence-corrected chi connectivity index (χ4v) is 1.82. The standard InChI is InChI=1S/C13H11N3O/c1-2-6-15-11(3-1)12-9-13(17-16-12)10-4-7-14-8-5-10/h1-8,13H,9H2. The number of pyridine rings is 2. The molecule has 2 aromatic heterocycles. The molecule has 1 atom stereocenters. The van der Waals surface area contributed by atoms with Crippen molar-refractivity contribution >= 4 is 5.71 Å². The normalized spacial score (nSPS) is 18.6. The highest BCUT2D eigenvalue weighted by Crippen LogP contribution is 2.28. The van der Waals surface area contributed by atoms with Crippen LogP contribution < -0.4 is 0 Å². The third-order valence-electron chi connectivity index (χ3n) is 2.71. The fourth-order valence-electron chi connectivity index (χ4n) is 1.82. The molecule has 84 valence electrons. The molecule has 17 heavy (non-hydrogen) atoms. The molecule has 0 amide bonds. The van der Waals surface area contributed by atoms with Gasteiger partial charge in [-0.1, -0.05) is 11.2 Å². The Morgan fingerprint density at radius 1 is 1.06 bits per heavy atom. The van der Waals surface area contributed by atoms with Gasteiger partial charge in [0, 0.05) is 25.0 Å². The van der Waals surface area contributed by atoms with Crippen molar-refractivity contribution in [1.82, 2.24) is 9.97 Å². The van der Waals surface area contributed by atoms with E-state index in [4.69, 9.17) is 4.84 Å². The van der Waals surface area contributed by atoms with E-state index in [-0.39, 0.29) is 6.10 Å². The van der Waals surface area contributed by atoms with E-state index in [1.165, 1.54) is 0 Å². The van der Waals surface area contributed by atoms with Crippen molar-refractivity contribution in [3.05, 3.63) is 60.2 Å². The summed E-state index contributed by atoms with van der Waals surface area (Å²) in [5.41, 5.74) is 2.87. The molecular weight excluding hydrogens is 214 g/mol. The average Bonchev–Trinajstić information content (AvgIpc) is 2.90. The summed E-state index contributed by atoms with van der Waals surface area (Å²) in [7, 11) is 0. The van der Waals surface area contributed by atoms with Gasteiger partial charge in [0.05, 0.1) is 5.69 Å². The molecule has 4 heteroatoms. The van der Waals surface area contributed by atoms with Crippen LogP contribution >= 0.6 is 0 Å². The van der Waals surface area contributed by atoms with Crippen LogP contribution in [-0.2, 0) is 4.84 Å². The van der Waals surface area contributed by atoms with Crippen LogP contribution in [0.5, 0.6) is 0 Å². The van der Waals surface area contributed by atoms with Crippen LogP contribution in [0.2, 0.25) is 0 Å². The first-order chi connectivity index (χ1) is 8.43. The Hall–Kier alpha value is -2.23. The highest BCUT2D eigenvalue weighted by Gasteiger charge is 2.24. The number of rotatable bonds is 2. The summed E-state index contributed by atoms with van der Waals surface area (Å²) in [6, 6.07) is 9.67. The summed E-state index contributed by atoms with van der Waals surface area (Å²) in [6.07, 6.45) is 6.02. The van der Waals surface area contributed by atoms with Gasteiger partial charge in [-0.2, -0.15) is 0 Å². The maximum atomic E-state index is 5.43. The Kier molecular flexibility index (Phi) is 2.54. The third kappa shape index (κ3) is 2.01. The van der Waals surface area contributed by atoms with Crippen LogP contribution in [0.25, 0.3) is 0 Å². The first kappa shape index (κ1) is 9.96. The van der Waals surface area contributed by atoms with Crippen molar-refractivity contribution < 1.29 is 4.84 Å². The molecule has 3 rings (SSSR count). The van der Waals surface area contributed by atoms with Crippen molar-refractivity contribution in [2.24, 2.45) is 5.16 Å². The lowest BCUT2D eigenvalue weighted by Gasteiger charge is -2.06. The highest BCUT2D eigenvalue weighted by atomic mass is 16.6. The zero-order valence-corrected chi connectivity index (χ0v) is 9.15. The average molecular weight is 225 g/mol. The van der Waals surface area contributed by atoms with Gasteiger partial charge in [0.25, 0.3) is 0 Å². The van der Waals surface area contributed by atoms with E-state index < -0.39 is 0 Å². The second-order valence-corrected chi connectivity index (χ2v) is 3.83. The van der Waals surface area contributed by atoms with Gasteiger partial charge in [-0.05, 0) is 29.8 Å². The maximum Gasteiger partial charge on any atom is 0.158 e. The molecule has 1 aliphatic heterocycles. The van der Waals surface area contributed by atoms with Crippen LogP contribution in [0.3, 0.4) is 0 Å². The van der Waals surface area contributed by atoms with Crippen LogP contribution in [0.1, 0.15) is 23.8 Å². The number of hydrogen-bond acceptors (Lipinski definition) is 4. The molecule has 0 fully saturated rings. The quantitative estimate of drug-likeness (QED) is 0.788. The first-order valence-corrected chi connectivity index (χ1v) is 5.47. The van der Waals surface area contributed by atoms with Gasteiger partial charge >= 0.3 is 0 Å². The lowest BCUT2D eigenvalue weighted by Crippen LogP contribution is -2.03. The van der Waals surface area contributed by atoms with E-state index in [1.807, 2.05) is 30.3 Å². The van der Waals surface area contributed by atoms with Gasteiger partial charge in [-0.3, -0.25) is 9.97 Å². The summed E-state index contributed by atoms with van der Waals surface area (Å²) in [5, 5.41) is 4.10. The molecule has 0 aromatic carbocycles. The van der Waals surface area contributed by atoms with E-state index in [1.54, 1.807) is 18.6 Å². The van der Waals surface area contributed by atoms with Gasteiger partial charge < -0.3 is 4.84 Å². The summed E-state index contributed by atoms with van der Waals surface area (Å²) in [4.78, 5) is 13.7. The lowest BCUT2D eigenvalue weighted by molar-refractivity contribution is 0.0857. The van der Waals surface area contributed by atoms with E-state index in [0.717, 1.165) is 23.4 Å². The predicted octanol–water partition coefficient (Wildman–Crippen LogP) is 2.34. The fraction of sp³-hybridized carbons (Fsp3) is 0.154. The molecule has 1 aliphatic rings. The zero-order valence-electron chi connectivity index (χ0n) is 9.15. The van der Waals surface area contributed by atoms with Crippen LogP contribution in [-0.4, -0.2) is 15.7 Å². The van der Waals surface area contributed by atoms with E-state index >= 15 is 0 Å². The molecule has 0 saturated heterocycles. The van der Waals surface area contributed by atoms with Gasteiger partial charge in [0.1, 0.15) is 5.71 Å². The molecule has 0 N–H and O–H groups in total. The highest BCUT2D eigenvalue weighted by molar-refractivity contribution is 5.99. The third-order valence-corrected chi connectivity index (χ3v) is 2.71. The van der Waals surface area contributed by atoms with Crippen LogP contribution in [0.15, 0.2) is 54.1 Å². The topological polar surface area (TPSA) is 47.4 Å². The predicted molar refractivity (Wildman–Crippen MR) is 63.5 cm³/mol. The summed E-state index contributed by atoms with van der Waals surface area (Å²) in [6.45, 7) is 0. The van der Waals surface area contributed by atoms with Crippen LogP contribution in [0, 0.1) is 0 Å². The second kappa shape index (κ2) is 4.33. The Morgan fingerprint density at radius 3 is 2.71 bits per heavy atom. The monoisotopic (exact) mass is 225 g/mol. The lowest BCUT2D eigenvalue weighted by atomic mass is 10.0. The molecular formula is C13H11N3O. The number of oxime groups is 1. The van der Waals surface area contributed by atoms with Gasteiger partial charge in [0.2, 0.25) is 0 Å². The Labute approximate surface area is 99.0 Å². The minimum atomic E-state index is -0.0185. The van der Waals surface area contributed by atoms with Crippen molar-refractivity contribution in [3.8, 4) is 0 Å². The number of aromatic nitrogens is 2. The molecule has 4 nitrogen and oxygen atoms in total. The van der Waals surface area contributed by atoms with Crippen molar-refractivity contribution in [2.75, 3.05) is 0 Å². The zero-order chi connectivity index (χ0) is 11.5. The second-order valence-electron chi connectivity index (χ2n) is 3.83. The summed E-state index contributed by atoms with van der Waals surface area (Å²) < 4.78 is 0. The van der Waals surface area contributed by atoms with Gasteiger partial charge in [0.15, 0.2) is 6.10 Å². The molecule has 0 radical (unpaired) electrons. The van der Waals surface area contributed by atoms with Gasteiger partial charge in [-0.25, -0.2) is 0 Å². The molecule has 3 heterocycles. The van der Waals surface area contributed by atoms with Gasteiger partial charge in [-0.15, -0.1) is 0 Å². The Bertz CT molecular complexity index is 525. The van der Waals surface area contributed by atoms with E-state index in [9.17, 15) is 0 Å². The smallest absolute Gasteiger partial charge is 0.158 e. The Balaban J connectivity index is 1.78. The minimum absolute atomic E-state index is 0.0185. The largest absolute Gasteiger partial charge is 0.387 e. The molecule has 0 saturated carbocycles. The molecule has 0 spiro atoms. The van der Waals surface area contributed by atoms with Crippen LogP contribution in [0.4, 0.5) is 0 Å². The van der Waals surface area contributed by atoms with E-state index in [0.29, 0.717) is 0 Å². The van der Waals surface area contributed by atoms with Crippen molar-refractivity contribution in [2.45, 2.75) is 12.5 Å². The summed E-state index contributed by atoms with van der Waals surface area (Å²) >= 11 is 0. The first-order valence-electron chi connectivity index (χ1n) is 5.47. The molecule has 0 bridgehead atoms. The van der Waals surface area contributed by atoms with Crippen molar-refractivity contribution in [1.29, 1.82) is 0 Å². The minimum Gasteiger partial charge on any atom is -0.387 e. The maximum absolute atomic E-state index is 5.43. The molecule has 2 aromatic rings. The molecule has 0 aliphatic carbocycles. The molecule has 1 unspecified atom stereocenters. The van der Waals surface area contributed by atoms with E-state index in [2.05, 4.69) is 15.1 Å². The number of hydrogen-bond donors (Lipinski definition) is 0. The summed E-state index contributed by atoms with van der Waals surface area (Å²) in [5.74, 6) is 0.